The molecule has 16 heavy (non-hydrogen) atoms. The molecule has 2 saturated heterocycles. The predicted octanol–water partition coefficient (Wildman–Crippen LogP) is 0.886. The molecule has 3 aliphatic rings. The summed E-state index contributed by atoms with van der Waals surface area (Å²) in [6.07, 6.45) is 5.11. The van der Waals surface area contributed by atoms with E-state index in [2.05, 4.69) is 15.1 Å². The number of rotatable bonds is 3. The van der Waals surface area contributed by atoms with Crippen molar-refractivity contribution in [3.8, 4) is 0 Å². The summed E-state index contributed by atoms with van der Waals surface area (Å²) in [6, 6.07) is 0.628. The van der Waals surface area contributed by atoms with Crippen LogP contribution in [0.4, 0.5) is 4.79 Å². The number of hydrogen-bond acceptors (Lipinski definition) is 2. The van der Waals surface area contributed by atoms with Crippen LogP contribution < -0.4 is 5.32 Å². The van der Waals surface area contributed by atoms with Crippen molar-refractivity contribution in [2.45, 2.75) is 31.7 Å². The zero-order valence-electron chi connectivity index (χ0n) is 9.82. The highest BCUT2D eigenvalue weighted by molar-refractivity contribution is 5.75. The van der Waals surface area contributed by atoms with Crippen molar-refractivity contribution < 1.29 is 4.79 Å². The summed E-state index contributed by atoms with van der Waals surface area (Å²) in [6.45, 7) is 5.36. The Balaban J connectivity index is 1.53. The van der Waals surface area contributed by atoms with Gasteiger partial charge in [-0.1, -0.05) is 0 Å². The highest BCUT2D eigenvalue weighted by Gasteiger charge is 2.34. The summed E-state index contributed by atoms with van der Waals surface area (Å²) in [4.78, 5) is 16.3. The maximum Gasteiger partial charge on any atom is 0.317 e. The van der Waals surface area contributed by atoms with E-state index in [-0.39, 0.29) is 6.03 Å². The largest absolute Gasteiger partial charge is 0.338 e. The molecule has 1 N–H and O–H groups in total. The van der Waals surface area contributed by atoms with Gasteiger partial charge in [-0.25, -0.2) is 4.79 Å². The van der Waals surface area contributed by atoms with Gasteiger partial charge in [-0.15, -0.1) is 0 Å². The lowest BCUT2D eigenvalue weighted by molar-refractivity contribution is 0.160. The van der Waals surface area contributed by atoms with Gasteiger partial charge in [0, 0.05) is 38.8 Å². The molecule has 4 nitrogen and oxygen atoms in total. The Labute approximate surface area is 97.0 Å². The lowest BCUT2D eigenvalue weighted by atomic mass is 10.2. The number of urea groups is 1. The molecule has 2 aliphatic heterocycles. The Morgan fingerprint density at radius 2 is 2.12 bits per heavy atom. The molecular formula is C12H21N3O. The van der Waals surface area contributed by atoms with Crippen LogP contribution in [0.3, 0.4) is 0 Å². The summed E-state index contributed by atoms with van der Waals surface area (Å²) >= 11 is 0. The standard InChI is InChI=1S/C12H21N3O/c16-12-13-5-1-6-15(12)11-4-7-14(9-11)8-10-2-3-10/h10-11H,1-9H2,(H,13,16). The molecule has 0 aromatic rings. The van der Waals surface area contributed by atoms with Crippen LogP contribution in [0.5, 0.6) is 0 Å². The van der Waals surface area contributed by atoms with Crippen LogP contribution in [0, 0.1) is 5.92 Å². The summed E-state index contributed by atoms with van der Waals surface area (Å²) in [5.41, 5.74) is 0. The van der Waals surface area contributed by atoms with Gasteiger partial charge in [0.25, 0.3) is 0 Å². The van der Waals surface area contributed by atoms with Gasteiger partial charge in [-0.2, -0.15) is 0 Å². The number of carbonyl (C=O) groups excluding carboxylic acids is 1. The van der Waals surface area contributed by atoms with Crippen LogP contribution in [-0.4, -0.2) is 54.6 Å². The van der Waals surface area contributed by atoms with Gasteiger partial charge in [-0.3, -0.25) is 0 Å². The third-order valence-corrected chi connectivity index (χ3v) is 4.01. The highest BCUT2D eigenvalue weighted by atomic mass is 16.2. The van der Waals surface area contributed by atoms with Crippen LogP contribution >= 0.6 is 0 Å². The van der Waals surface area contributed by atoms with E-state index < -0.39 is 0 Å². The van der Waals surface area contributed by atoms with E-state index in [9.17, 15) is 4.79 Å². The molecule has 0 aromatic carbocycles. The molecule has 0 radical (unpaired) electrons. The second-order valence-electron chi connectivity index (χ2n) is 5.42. The summed E-state index contributed by atoms with van der Waals surface area (Å²) in [7, 11) is 0. The second-order valence-corrected chi connectivity index (χ2v) is 5.42. The Bertz CT molecular complexity index is 277. The molecule has 4 heteroatoms. The number of nitrogens with one attached hydrogen (secondary N) is 1. The molecule has 1 atom stereocenters. The van der Waals surface area contributed by atoms with Crippen LogP contribution in [0.15, 0.2) is 0 Å². The van der Waals surface area contributed by atoms with Gasteiger partial charge < -0.3 is 15.1 Å². The first-order chi connectivity index (χ1) is 7.83. The Kier molecular flexibility index (Phi) is 2.75. The van der Waals surface area contributed by atoms with Crippen LogP contribution in [0.1, 0.15) is 25.7 Å². The fourth-order valence-corrected chi connectivity index (χ4v) is 2.89. The number of amides is 2. The van der Waals surface area contributed by atoms with Crippen LogP contribution in [0.2, 0.25) is 0 Å². The lowest BCUT2D eigenvalue weighted by Crippen LogP contribution is -2.52. The van der Waals surface area contributed by atoms with Crippen molar-refractivity contribution in [2.24, 2.45) is 5.92 Å². The quantitative estimate of drug-likeness (QED) is 0.771. The average molecular weight is 223 g/mol. The molecule has 3 rings (SSSR count). The molecule has 1 saturated carbocycles. The van der Waals surface area contributed by atoms with E-state index in [0.717, 1.165) is 32.0 Å². The lowest BCUT2D eigenvalue weighted by Gasteiger charge is -2.32. The van der Waals surface area contributed by atoms with Crippen molar-refractivity contribution in [2.75, 3.05) is 32.7 Å². The smallest absolute Gasteiger partial charge is 0.317 e. The topological polar surface area (TPSA) is 35.6 Å². The molecule has 0 bridgehead atoms. The number of nitrogens with zero attached hydrogens (tertiary/aromatic N) is 2. The normalized spacial score (nSPS) is 31.9. The maximum absolute atomic E-state index is 11.7. The van der Waals surface area contributed by atoms with E-state index >= 15 is 0 Å². The van der Waals surface area contributed by atoms with Gasteiger partial charge in [0.2, 0.25) is 0 Å². The van der Waals surface area contributed by atoms with Crippen molar-refractivity contribution in [3.63, 3.8) is 0 Å². The summed E-state index contributed by atoms with van der Waals surface area (Å²) < 4.78 is 0. The van der Waals surface area contributed by atoms with Gasteiger partial charge >= 0.3 is 6.03 Å². The van der Waals surface area contributed by atoms with Gasteiger partial charge in [-0.05, 0) is 31.6 Å². The van der Waals surface area contributed by atoms with Crippen molar-refractivity contribution in [1.29, 1.82) is 0 Å². The van der Waals surface area contributed by atoms with Crippen molar-refractivity contribution in [1.82, 2.24) is 15.1 Å². The monoisotopic (exact) mass is 223 g/mol. The second kappa shape index (κ2) is 4.24. The van der Waals surface area contributed by atoms with Gasteiger partial charge in [0.05, 0.1) is 0 Å². The molecule has 2 amide bonds. The van der Waals surface area contributed by atoms with E-state index in [1.165, 1.54) is 32.4 Å². The zero-order valence-corrected chi connectivity index (χ0v) is 9.82. The fraction of sp³-hybridized carbons (Fsp3) is 0.917. The van der Waals surface area contributed by atoms with E-state index in [4.69, 9.17) is 0 Å². The predicted molar refractivity (Wildman–Crippen MR) is 62.3 cm³/mol. The number of hydrogen-bond donors (Lipinski definition) is 1. The number of carbonyl (C=O) groups is 1. The summed E-state index contributed by atoms with van der Waals surface area (Å²) in [5.74, 6) is 0.967. The minimum Gasteiger partial charge on any atom is -0.338 e. The van der Waals surface area contributed by atoms with Gasteiger partial charge in [0.15, 0.2) is 0 Å². The molecular weight excluding hydrogens is 202 g/mol. The van der Waals surface area contributed by atoms with E-state index in [1.807, 2.05) is 0 Å². The minimum atomic E-state index is 0.157. The van der Waals surface area contributed by atoms with Crippen LogP contribution in [0.25, 0.3) is 0 Å². The molecule has 3 fully saturated rings. The Hall–Kier alpha value is -0.770. The van der Waals surface area contributed by atoms with E-state index in [1.54, 1.807) is 0 Å². The zero-order chi connectivity index (χ0) is 11.0. The average Bonchev–Trinajstić information content (AvgIpc) is 2.97. The maximum atomic E-state index is 11.7. The fourth-order valence-electron chi connectivity index (χ4n) is 2.89. The summed E-state index contributed by atoms with van der Waals surface area (Å²) in [5, 5.41) is 2.95. The third-order valence-electron chi connectivity index (χ3n) is 4.01. The highest BCUT2D eigenvalue weighted by Crippen LogP contribution is 2.31. The Morgan fingerprint density at radius 1 is 1.25 bits per heavy atom. The number of likely N-dealkylation sites (tertiary alicyclic amines) is 1. The molecule has 2 heterocycles. The van der Waals surface area contributed by atoms with Crippen molar-refractivity contribution >= 4 is 6.03 Å². The Morgan fingerprint density at radius 3 is 2.88 bits per heavy atom. The first kappa shape index (κ1) is 10.4. The minimum absolute atomic E-state index is 0.157. The molecule has 0 aromatic heterocycles. The van der Waals surface area contributed by atoms with Crippen LogP contribution in [-0.2, 0) is 0 Å². The first-order valence-corrected chi connectivity index (χ1v) is 6.60. The molecule has 1 unspecified atom stereocenters. The van der Waals surface area contributed by atoms with E-state index in [0.29, 0.717) is 6.04 Å². The SMILES string of the molecule is O=C1NCCCN1C1CCN(CC2CC2)C1. The first-order valence-electron chi connectivity index (χ1n) is 6.60. The van der Waals surface area contributed by atoms with Gasteiger partial charge in [0.1, 0.15) is 0 Å². The molecule has 1 aliphatic carbocycles. The molecule has 0 spiro atoms. The van der Waals surface area contributed by atoms with Crippen molar-refractivity contribution in [3.05, 3.63) is 0 Å². The molecule has 90 valence electrons. The third kappa shape index (κ3) is 2.17.